The minimum atomic E-state index is -0.772. The van der Waals surface area contributed by atoms with Crippen LogP contribution < -0.4 is 26.6 Å². The van der Waals surface area contributed by atoms with Gasteiger partial charge in [-0.2, -0.15) is 0 Å². The molecular weight excluding hydrogens is 469 g/mol. The summed E-state index contributed by atoms with van der Waals surface area (Å²) < 4.78 is 25.3. The summed E-state index contributed by atoms with van der Waals surface area (Å²) in [4.78, 5) is 43.8. The van der Waals surface area contributed by atoms with E-state index in [1.165, 1.54) is 35.8 Å². The average molecular weight is 500 g/mol. The van der Waals surface area contributed by atoms with E-state index < -0.39 is 23.0 Å². The van der Waals surface area contributed by atoms with Crippen LogP contribution in [-0.2, 0) is 22.6 Å². The third kappa shape index (κ3) is 6.37. The second kappa shape index (κ2) is 12.1. The van der Waals surface area contributed by atoms with Gasteiger partial charge in [-0.15, -0.1) is 0 Å². The van der Waals surface area contributed by atoms with Crippen molar-refractivity contribution in [3.8, 4) is 5.75 Å². The summed E-state index contributed by atoms with van der Waals surface area (Å²) >= 11 is 0. The summed E-state index contributed by atoms with van der Waals surface area (Å²) in [7, 11) is 4.54. The number of H-pyrrole nitrogens is 1. The van der Waals surface area contributed by atoms with E-state index in [0.717, 1.165) is 5.56 Å². The fourth-order valence-electron chi connectivity index (χ4n) is 3.80. The number of rotatable bonds is 11. The van der Waals surface area contributed by atoms with Crippen molar-refractivity contribution in [1.29, 1.82) is 0 Å². The number of aromatic amines is 1. The number of nitrogen functional groups attached to an aromatic ring is 1. The number of methoxy groups -OCH3 is 2. The molecule has 11 heteroatoms. The molecule has 0 bridgehead atoms. The van der Waals surface area contributed by atoms with Crippen LogP contribution in [0, 0.1) is 5.82 Å². The summed E-state index contributed by atoms with van der Waals surface area (Å²) in [6.07, 6.45) is 0. The first kappa shape index (κ1) is 26.6. The molecule has 3 rings (SSSR count). The standard InChI is InChI=1S/C25H30FN5O5/c1-29(14-18-9-10-20(36-3)19(26)13-18)16-21(32)30(11-12-35-2)22-23(27)31(25(34)28-24(22)33)15-17-7-5-4-6-8-17/h4-10,13H,11-12,14-16,27H2,1-3H3,(H,28,33,34). The molecule has 192 valence electrons. The van der Waals surface area contributed by atoms with E-state index in [0.29, 0.717) is 5.56 Å². The normalized spacial score (nSPS) is 11.0. The molecule has 36 heavy (non-hydrogen) atoms. The molecule has 0 atom stereocenters. The Morgan fingerprint density at radius 3 is 2.47 bits per heavy atom. The topological polar surface area (TPSA) is 123 Å². The van der Waals surface area contributed by atoms with Crippen molar-refractivity contribution < 1.29 is 18.7 Å². The lowest BCUT2D eigenvalue weighted by Crippen LogP contribution is -2.45. The van der Waals surface area contributed by atoms with Gasteiger partial charge in [-0.25, -0.2) is 9.18 Å². The minimum absolute atomic E-state index is 0.0388. The zero-order valence-electron chi connectivity index (χ0n) is 20.5. The van der Waals surface area contributed by atoms with E-state index in [9.17, 15) is 18.8 Å². The van der Waals surface area contributed by atoms with Gasteiger partial charge in [0.25, 0.3) is 5.56 Å². The first-order valence-electron chi connectivity index (χ1n) is 11.2. The SMILES string of the molecule is COCCN(C(=O)CN(C)Cc1ccc(OC)c(F)c1)c1c(N)n(Cc2ccccc2)c(=O)[nH]c1=O. The molecule has 0 spiro atoms. The van der Waals surface area contributed by atoms with E-state index in [2.05, 4.69) is 4.98 Å². The quantitative estimate of drug-likeness (QED) is 0.409. The smallest absolute Gasteiger partial charge is 0.330 e. The Kier molecular flexibility index (Phi) is 8.98. The second-order valence-corrected chi connectivity index (χ2v) is 8.24. The van der Waals surface area contributed by atoms with Crippen molar-refractivity contribution in [1.82, 2.24) is 14.5 Å². The highest BCUT2D eigenvalue weighted by atomic mass is 19.1. The molecule has 0 saturated carbocycles. The molecule has 1 amide bonds. The fourth-order valence-corrected chi connectivity index (χ4v) is 3.80. The number of hydrogen-bond acceptors (Lipinski definition) is 7. The molecule has 3 aromatic rings. The van der Waals surface area contributed by atoms with Gasteiger partial charge >= 0.3 is 5.69 Å². The van der Waals surface area contributed by atoms with E-state index in [-0.39, 0.29) is 50.0 Å². The third-order valence-electron chi connectivity index (χ3n) is 5.56. The highest BCUT2D eigenvalue weighted by molar-refractivity contribution is 5.96. The maximum Gasteiger partial charge on any atom is 0.330 e. The van der Waals surface area contributed by atoms with E-state index >= 15 is 0 Å². The van der Waals surface area contributed by atoms with Crippen LogP contribution in [0.3, 0.4) is 0 Å². The molecule has 0 fully saturated rings. The van der Waals surface area contributed by atoms with Crippen LogP contribution in [0.1, 0.15) is 11.1 Å². The molecule has 0 aliphatic heterocycles. The number of aromatic nitrogens is 2. The lowest BCUT2D eigenvalue weighted by atomic mass is 10.2. The first-order chi connectivity index (χ1) is 17.2. The van der Waals surface area contributed by atoms with Gasteiger partial charge in [0.2, 0.25) is 5.91 Å². The Bertz CT molecular complexity index is 1310. The monoisotopic (exact) mass is 499 g/mol. The molecule has 2 aromatic carbocycles. The maximum atomic E-state index is 14.1. The number of amides is 1. The molecule has 1 aromatic heterocycles. The Hall–Kier alpha value is -3.96. The number of halogens is 1. The van der Waals surface area contributed by atoms with Crippen LogP contribution >= 0.6 is 0 Å². The van der Waals surface area contributed by atoms with Crippen molar-refractivity contribution in [2.24, 2.45) is 0 Å². The molecular formula is C25H30FN5O5. The van der Waals surface area contributed by atoms with Crippen LogP contribution in [0.2, 0.25) is 0 Å². The summed E-state index contributed by atoms with van der Waals surface area (Å²) in [6, 6.07) is 13.7. The van der Waals surface area contributed by atoms with E-state index in [1.54, 1.807) is 18.0 Å². The van der Waals surface area contributed by atoms with Crippen molar-refractivity contribution in [3.63, 3.8) is 0 Å². The van der Waals surface area contributed by atoms with Crippen molar-refractivity contribution in [3.05, 3.63) is 86.3 Å². The lowest BCUT2D eigenvalue weighted by molar-refractivity contribution is -0.119. The number of likely N-dealkylation sites (N-methyl/N-ethyl adjacent to an activating group) is 1. The van der Waals surface area contributed by atoms with Crippen molar-refractivity contribution in [2.45, 2.75) is 13.1 Å². The highest BCUT2D eigenvalue weighted by Crippen LogP contribution is 2.20. The third-order valence-corrected chi connectivity index (χ3v) is 5.56. The molecule has 3 N–H and O–H groups in total. The largest absolute Gasteiger partial charge is 0.494 e. The van der Waals surface area contributed by atoms with E-state index in [4.69, 9.17) is 15.2 Å². The summed E-state index contributed by atoms with van der Waals surface area (Å²) in [6.45, 7) is 0.454. The number of hydrogen-bond donors (Lipinski definition) is 2. The minimum Gasteiger partial charge on any atom is -0.494 e. The van der Waals surface area contributed by atoms with Gasteiger partial charge in [0.1, 0.15) is 5.82 Å². The predicted octanol–water partition coefficient (Wildman–Crippen LogP) is 1.43. The summed E-state index contributed by atoms with van der Waals surface area (Å²) in [5.74, 6) is -0.942. The molecule has 10 nitrogen and oxygen atoms in total. The maximum absolute atomic E-state index is 14.1. The number of carbonyl (C=O) groups is 1. The molecule has 0 aliphatic rings. The highest BCUT2D eigenvalue weighted by Gasteiger charge is 2.25. The van der Waals surface area contributed by atoms with Crippen LogP contribution in [0.4, 0.5) is 15.9 Å². The van der Waals surface area contributed by atoms with Crippen molar-refractivity contribution in [2.75, 3.05) is 51.6 Å². The Labute approximate surface area is 207 Å². The Morgan fingerprint density at radius 2 is 1.83 bits per heavy atom. The van der Waals surface area contributed by atoms with Crippen LogP contribution in [0.5, 0.6) is 5.75 Å². The fraction of sp³-hybridized carbons (Fsp3) is 0.320. The number of nitrogens with one attached hydrogen (secondary N) is 1. The molecule has 1 heterocycles. The zero-order chi connectivity index (χ0) is 26.2. The van der Waals surface area contributed by atoms with Gasteiger partial charge in [-0.1, -0.05) is 36.4 Å². The number of nitrogens with zero attached hydrogens (tertiary/aromatic N) is 3. The van der Waals surface area contributed by atoms with Gasteiger partial charge in [0.15, 0.2) is 17.3 Å². The van der Waals surface area contributed by atoms with Gasteiger partial charge < -0.3 is 20.1 Å². The molecule has 0 saturated heterocycles. The van der Waals surface area contributed by atoms with Crippen LogP contribution in [0.15, 0.2) is 58.1 Å². The van der Waals surface area contributed by atoms with Crippen molar-refractivity contribution >= 4 is 17.4 Å². The first-order valence-corrected chi connectivity index (χ1v) is 11.2. The second-order valence-electron chi connectivity index (χ2n) is 8.24. The number of nitrogens with two attached hydrogens (primary N) is 1. The average Bonchev–Trinajstić information content (AvgIpc) is 2.84. The number of anilines is 2. The number of benzene rings is 2. The lowest BCUT2D eigenvalue weighted by Gasteiger charge is -2.26. The van der Waals surface area contributed by atoms with Gasteiger partial charge in [-0.05, 0) is 30.3 Å². The molecule has 0 aliphatic carbocycles. The molecule has 0 unspecified atom stereocenters. The number of ether oxygens (including phenoxy) is 2. The van der Waals surface area contributed by atoms with Gasteiger partial charge in [0, 0.05) is 20.2 Å². The van der Waals surface area contributed by atoms with Gasteiger partial charge in [0.05, 0.1) is 26.8 Å². The number of carbonyl (C=O) groups excluding carboxylic acids is 1. The van der Waals surface area contributed by atoms with E-state index in [1.807, 2.05) is 30.3 Å². The van der Waals surface area contributed by atoms with Crippen LogP contribution in [-0.4, -0.2) is 61.3 Å². The van der Waals surface area contributed by atoms with Crippen LogP contribution in [0.25, 0.3) is 0 Å². The zero-order valence-corrected chi connectivity index (χ0v) is 20.5. The predicted molar refractivity (Wildman–Crippen MR) is 135 cm³/mol. The summed E-state index contributed by atoms with van der Waals surface area (Å²) in [5, 5.41) is 0. The summed E-state index contributed by atoms with van der Waals surface area (Å²) in [5.41, 5.74) is 6.14. The Morgan fingerprint density at radius 1 is 1.11 bits per heavy atom. The van der Waals surface area contributed by atoms with Gasteiger partial charge in [-0.3, -0.25) is 24.0 Å². The Balaban J connectivity index is 1.87. The molecule has 0 radical (unpaired) electrons.